The van der Waals surface area contributed by atoms with E-state index in [2.05, 4.69) is 4.98 Å². The van der Waals surface area contributed by atoms with Crippen LogP contribution in [0.1, 0.15) is 16.5 Å². The zero-order valence-electron chi connectivity index (χ0n) is 10.9. The van der Waals surface area contributed by atoms with E-state index in [1.807, 2.05) is 30.3 Å². The van der Waals surface area contributed by atoms with Gasteiger partial charge in [-0.05, 0) is 23.8 Å². The van der Waals surface area contributed by atoms with E-state index in [1.165, 1.54) is 11.3 Å². The van der Waals surface area contributed by atoms with E-state index < -0.39 is 6.10 Å². The molecule has 0 aliphatic heterocycles. The Hall–Kier alpha value is -2.11. The molecule has 0 radical (unpaired) electrons. The second-order valence-electron chi connectivity index (χ2n) is 4.43. The molecule has 0 aliphatic rings. The first-order valence-electron chi connectivity index (χ1n) is 6.14. The average Bonchev–Trinajstić information content (AvgIpc) is 2.84. The fourth-order valence-electron chi connectivity index (χ4n) is 2.13. The van der Waals surface area contributed by atoms with Crippen molar-refractivity contribution in [3.05, 3.63) is 53.2 Å². The van der Waals surface area contributed by atoms with Crippen LogP contribution >= 0.6 is 11.3 Å². The van der Waals surface area contributed by atoms with Gasteiger partial charge in [0.05, 0.1) is 22.4 Å². The average molecular weight is 286 g/mol. The molecule has 0 bridgehead atoms. The third-order valence-corrected chi connectivity index (χ3v) is 4.45. The number of anilines is 1. The van der Waals surface area contributed by atoms with Crippen LogP contribution in [0.4, 0.5) is 5.69 Å². The first kappa shape index (κ1) is 12.9. The minimum Gasteiger partial charge on any atom is -0.497 e. The van der Waals surface area contributed by atoms with Gasteiger partial charge in [0.2, 0.25) is 0 Å². The molecule has 2 heterocycles. The van der Waals surface area contributed by atoms with Crippen LogP contribution in [0.15, 0.2) is 42.7 Å². The number of rotatable bonds is 3. The van der Waals surface area contributed by atoms with Gasteiger partial charge in [-0.15, -0.1) is 11.3 Å². The van der Waals surface area contributed by atoms with E-state index in [4.69, 9.17) is 10.5 Å². The number of aliphatic hydroxyl groups excluding tert-OH is 1. The number of thiophene rings is 1. The van der Waals surface area contributed by atoms with Gasteiger partial charge in [-0.25, -0.2) is 0 Å². The molecule has 0 fully saturated rings. The van der Waals surface area contributed by atoms with Crippen molar-refractivity contribution in [3.8, 4) is 5.75 Å². The topological polar surface area (TPSA) is 68.4 Å². The molecule has 5 heteroatoms. The maximum absolute atomic E-state index is 10.5. The molecule has 0 aliphatic carbocycles. The molecule has 0 saturated carbocycles. The molecule has 1 atom stereocenters. The lowest BCUT2D eigenvalue weighted by atomic mass is 10.1. The summed E-state index contributed by atoms with van der Waals surface area (Å²) in [4.78, 5) is 4.83. The first-order valence-corrected chi connectivity index (χ1v) is 6.96. The number of nitrogens with two attached hydrogens (primary N) is 1. The molecule has 0 amide bonds. The maximum Gasteiger partial charge on any atom is 0.118 e. The van der Waals surface area contributed by atoms with Gasteiger partial charge in [-0.1, -0.05) is 12.1 Å². The van der Waals surface area contributed by atoms with Crippen molar-refractivity contribution < 1.29 is 9.84 Å². The third kappa shape index (κ3) is 2.11. The summed E-state index contributed by atoms with van der Waals surface area (Å²) in [6, 6.07) is 9.19. The highest BCUT2D eigenvalue weighted by atomic mass is 32.1. The van der Waals surface area contributed by atoms with Gasteiger partial charge in [-0.2, -0.15) is 0 Å². The predicted octanol–water partition coefficient (Wildman–Crippen LogP) is 2.97. The number of nitrogen functional groups attached to an aromatic ring is 1. The molecule has 102 valence electrons. The Morgan fingerprint density at radius 1 is 1.25 bits per heavy atom. The Bertz CT molecular complexity index is 737. The SMILES string of the molecule is COc1ccc(C(O)c2sc3cnccc3c2N)cc1. The van der Waals surface area contributed by atoms with Crippen molar-refractivity contribution in [3.63, 3.8) is 0 Å². The quantitative estimate of drug-likeness (QED) is 0.776. The van der Waals surface area contributed by atoms with Crippen molar-refractivity contribution in [2.24, 2.45) is 0 Å². The molecule has 1 aromatic carbocycles. The Morgan fingerprint density at radius 2 is 2.00 bits per heavy atom. The van der Waals surface area contributed by atoms with Gasteiger partial charge in [0, 0.05) is 17.8 Å². The highest BCUT2D eigenvalue weighted by Gasteiger charge is 2.18. The summed E-state index contributed by atoms with van der Waals surface area (Å²) in [5.41, 5.74) is 7.54. The van der Waals surface area contributed by atoms with E-state index in [1.54, 1.807) is 19.5 Å². The molecule has 20 heavy (non-hydrogen) atoms. The number of benzene rings is 1. The molecule has 3 aromatic rings. The summed E-state index contributed by atoms with van der Waals surface area (Å²) >= 11 is 1.47. The van der Waals surface area contributed by atoms with Crippen LogP contribution < -0.4 is 10.5 Å². The second kappa shape index (κ2) is 5.11. The third-order valence-electron chi connectivity index (χ3n) is 3.24. The number of aliphatic hydroxyl groups is 1. The molecule has 4 nitrogen and oxygen atoms in total. The number of ether oxygens (including phenoxy) is 1. The standard InChI is InChI=1S/C15H14N2O2S/c1-19-10-4-2-9(3-5-10)14(18)15-13(16)11-6-7-17-8-12(11)20-15/h2-8,14,18H,16H2,1H3. The van der Waals surface area contributed by atoms with Gasteiger partial charge >= 0.3 is 0 Å². The van der Waals surface area contributed by atoms with E-state index in [9.17, 15) is 5.11 Å². The predicted molar refractivity (Wildman–Crippen MR) is 81.1 cm³/mol. The largest absolute Gasteiger partial charge is 0.497 e. The number of fused-ring (bicyclic) bond motifs is 1. The summed E-state index contributed by atoms with van der Waals surface area (Å²) in [5, 5.41) is 11.4. The molecule has 3 N–H and O–H groups in total. The number of hydrogen-bond donors (Lipinski definition) is 2. The summed E-state index contributed by atoms with van der Waals surface area (Å²) in [6.07, 6.45) is 2.73. The van der Waals surface area contributed by atoms with Crippen molar-refractivity contribution >= 4 is 27.1 Å². The molecular weight excluding hydrogens is 272 g/mol. The van der Waals surface area contributed by atoms with Crippen LogP contribution in [-0.2, 0) is 0 Å². The summed E-state index contributed by atoms with van der Waals surface area (Å²) in [5.74, 6) is 0.759. The van der Waals surface area contributed by atoms with Crippen LogP contribution in [0.3, 0.4) is 0 Å². The van der Waals surface area contributed by atoms with Gasteiger partial charge in [-0.3, -0.25) is 4.98 Å². The molecule has 3 rings (SSSR count). The molecule has 0 spiro atoms. The fraction of sp³-hybridized carbons (Fsp3) is 0.133. The van der Waals surface area contributed by atoms with Gasteiger partial charge in [0.1, 0.15) is 11.9 Å². The van der Waals surface area contributed by atoms with Crippen molar-refractivity contribution in [1.29, 1.82) is 0 Å². The maximum atomic E-state index is 10.5. The Kier molecular flexibility index (Phi) is 3.30. The van der Waals surface area contributed by atoms with Gasteiger partial charge < -0.3 is 15.6 Å². The summed E-state index contributed by atoms with van der Waals surface area (Å²) < 4.78 is 6.09. The van der Waals surface area contributed by atoms with Crippen LogP contribution in [0.25, 0.3) is 10.1 Å². The van der Waals surface area contributed by atoms with Gasteiger partial charge in [0.15, 0.2) is 0 Å². The minimum absolute atomic E-state index is 0.621. The fourth-order valence-corrected chi connectivity index (χ4v) is 3.24. The summed E-state index contributed by atoms with van der Waals surface area (Å²) in [6.45, 7) is 0. The molecule has 2 aromatic heterocycles. The van der Waals surface area contributed by atoms with Gasteiger partial charge in [0.25, 0.3) is 0 Å². The van der Waals surface area contributed by atoms with Crippen LogP contribution in [-0.4, -0.2) is 17.2 Å². The van der Waals surface area contributed by atoms with E-state index in [0.29, 0.717) is 5.69 Å². The minimum atomic E-state index is -0.738. The molecule has 1 unspecified atom stereocenters. The normalized spacial score (nSPS) is 12.5. The summed E-state index contributed by atoms with van der Waals surface area (Å²) in [7, 11) is 1.61. The second-order valence-corrected chi connectivity index (χ2v) is 5.51. The Morgan fingerprint density at radius 3 is 2.65 bits per heavy atom. The number of methoxy groups -OCH3 is 1. The first-order chi connectivity index (χ1) is 9.70. The van der Waals surface area contributed by atoms with Crippen molar-refractivity contribution in [1.82, 2.24) is 4.98 Å². The highest BCUT2D eigenvalue weighted by Crippen LogP contribution is 2.39. The lowest BCUT2D eigenvalue weighted by Gasteiger charge is -2.11. The number of pyridine rings is 1. The highest BCUT2D eigenvalue weighted by molar-refractivity contribution is 7.19. The number of hydrogen-bond acceptors (Lipinski definition) is 5. The van der Waals surface area contributed by atoms with Crippen molar-refractivity contribution in [2.45, 2.75) is 6.10 Å². The number of aromatic nitrogens is 1. The van der Waals surface area contributed by atoms with Crippen LogP contribution in [0.2, 0.25) is 0 Å². The monoisotopic (exact) mass is 286 g/mol. The molecule has 0 saturated heterocycles. The molecular formula is C15H14N2O2S. The zero-order valence-corrected chi connectivity index (χ0v) is 11.7. The van der Waals surface area contributed by atoms with Crippen LogP contribution in [0, 0.1) is 0 Å². The Labute approximate surface area is 120 Å². The van der Waals surface area contributed by atoms with Crippen molar-refractivity contribution in [2.75, 3.05) is 12.8 Å². The van der Waals surface area contributed by atoms with E-state index in [-0.39, 0.29) is 0 Å². The lowest BCUT2D eigenvalue weighted by molar-refractivity contribution is 0.225. The van der Waals surface area contributed by atoms with E-state index >= 15 is 0 Å². The smallest absolute Gasteiger partial charge is 0.118 e. The Balaban J connectivity index is 2.02. The van der Waals surface area contributed by atoms with Crippen LogP contribution in [0.5, 0.6) is 5.75 Å². The van der Waals surface area contributed by atoms with E-state index in [0.717, 1.165) is 26.3 Å². The number of nitrogens with zero attached hydrogens (tertiary/aromatic N) is 1. The zero-order chi connectivity index (χ0) is 14.1. The lowest BCUT2D eigenvalue weighted by Crippen LogP contribution is -2.00.